The SMILES string of the molecule is CCOc1cccnc1NCCCOCC(C)C. The van der Waals surface area contributed by atoms with Crippen LogP contribution in [-0.2, 0) is 4.74 Å². The van der Waals surface area contributed by atoms with Crippen LogP contribution >= 0.6 is 0 Å². The minimum atomic E-state index is 0.596. The van der Waals surface area contributed by atoms with Crippen LogP contribution in [0.3, 0.4) is 0 Å². The van der Waals surface area contributed by atoms with Crippen molar-refractivity contribution < 1.29 is 9.47 Å². The summed E-state index contributed by atoms with van der Waals surface area (Å²) in [5.74, 6) is 2.21. The standard InChI is InChI=1S/C14H24N2O2/c1-4-18-13-7-5-8-15-14(13)16-9-6-10-17-11-12(2)3/h5,7-8,12H,4,6,9-11H2,1-3H3,(H,15,16). The van der Waals surface area contributed by atoms with Crippen LogP contribution in [0.2, 0.25) is 0 Å². The summed E-state index contributed by atoms with van der Waals surface area (Å²) in [6.45, 7) is 9.38. The highest BCUT2D eigenvalue weighted by atomic mass is 16.5. The van der Waals surface area contributed by atoms with Gasteiger partial charge in [-0.15, -0.1) is 0 Å². The summed E-state index contributed by atoms with van der Waals surface area (Å²) in [4.78, 5) is 4.27. The molecule has 1 heterocycles. The van der Waals surface area contributed by atoms with Gasteiger partial charge in [-0.25, -0.2) is 4.98 Å². The van der Waals surface area contributed by atoms with Gasteiger partial charge in [-0.1, -0.05) is 13.8 Å². The van der Waals surface area contributed by atoms with E-state index < -0.39 is 0 Å². The number of nitrogens with one attached hydrogen (secondary N) is 1. The maximum absolute atomic E-state index is 5.52. The van der Waals surface area contributed by atoms with E-state index in [0.717, 1.165) is 37.7 Å². The molecule has 102 valence electrons. The molecule has 18 heavy (non-hydrogen) atoms. The molecular weight excluding hydrogens is 228 g/mol. The molecule has 0 aromatic carbocycles. The largest absolute Gasteiger partial charge is 0.490 e. The average Bonchev–Trinajstić information content (AvgIpc) is 2.35. The van der Waals surface area contributed by atoms with Crippen molar-refractivity contribution in [3.8, 4) is 5.75 Å². The molecule has 0 amide bonds. The summed E-state index contributed by atoms with van der Waals surface area (Å²) in [5.41, 5.74) is 0. The monoisotopic (exact) mass is 252 g/mol. The lowest BCUT2D eigenvalue weighted by molar-refractivity contribution is 0.110. The van der Waals surface area contributed by atoms with Gasteiger partial charge in [0.05, 0.1) is 6.61 Å². The van der Waals surface area contributed by atoms with E-state index in [1.54, 1.807) is 6.20 Å². The fourth-order valence-electron chi connectivity index (χ4n) is 1.50. The third kappa shape index (κ3) is 5.87. The predicted molar refractivity (Wildman–Crippen MR) is 74.2 cm³/mol. The van der Waals surface area contributed by atoms with Crippen LogP contribution in [-0.4, -0.2) is 31.3 Å². The molecule has 0 bridgehead atoms. The number of rotatable bonds is 9. The van der Waals surface area contributed by atoms with Gasteiger partial charge in [-0.2, -0.15) is 0 Å². The number of hydrogen-bond acceptors (Lipinski definition) is 4. The van der Waals surface area contributed by atoms with E-state index in [-0.39, 0.29) is 0 Å². The van der Waals surface area contributed by atoms with Crippen molar-refractivity contribution in [2.75, 3.05) is 31.7 Å². The number of pyridine rings is 1. The Morgan fingerprint density at radius 3 is 2.94 bits per heavy atom. The lowest BCUT2D eigenvalue weighted by Crippen LogP contribution is -2.10. The van der Waals surface area contributed by atoms with Crippen LogP contribution in [0.1, 0.15) is 27.2 Å². The van der Waals surface area contributed by atoms with E-state index in [4.69, 9.17) is 9.47 Å². The molecule has 0 atom stereocenters. The molecule has 1 N–H and O–H groups in total. The van der Waals surface area contributed by atoms with Crippen LogP contribution < -0.4 is 10.1 Å². The Morgan fingerprint density at radius 2 is 2.22 bits per heavy atom. The van der Waals surface area contributed by atoms with Crippen molar-refractivity contribution in [1.82, 2.24) is 4.98 Å². The maximum Gasteiger partial charge on any atom is 0.168 e. The second-order valence-electron chi connectivity index (χ2n) is 4.53. The Morgan fingerprint density at radius 1 is 1.39 bits per heavy atom. The van der Waals surface area contributed by atoms with E-state index in [2.05, 4.69) is 24.1 Å². The fraction of sp³-hybridized carbons (Fsp3) is 0.643. The smallest absolute Gasteiger partial charge is 0.168 e. The molecular formula is C14H24N2O2. The maximum atomic E-state index is 5.52. The predicted octanol–water partition coefficient (Wildman–Crippen LogP) is 2.95. The zero-order valence-electron chi connectivity index (χ0n) is 11.6. The number of anilines is 1. The third-order valence-electron chi connectivity index (χ3n) is 2.28. The molecule has 0 radical (unpaired) electrons. The Kier molecular flexibility index (Phi) is 7.18. The molecule has 0 aliphatic heterocycles. The highest BCUT2D eigenvalue weighted by Crippen LogP contribution is 2.20. The summed E-state index contributed by atoms with van der Waals surface area (Å²) >= 11 is 0. The molecule has 4 nitrogen and oxygen atoms in total. The van der Waals surface area contributed by atoms with Crippen molar-refractivity contribution in [1.29, 1.82) is 0 Å². The van der Waals surface area contributed by atoms with E-state index in [9.17, 15) is 0 Å². The van der Waals surface area contributed by atoms with Gasteiger partial charge in [0.2, 0.25) is 0 Å². The van der Waals surface area contributed by atoms with Gasteiger partial charge < -0.3 is 14.8 Å². The van der Waals surface area contributed by atoms with E-state index >= 15 is 0 Å². The van der Waals surface area contributed by atoms with Gasteiger partial charge in [0.15, 0.2) is 11.6 Å². The topological polar surface area (TPSA) is 43.4 Å². The Labute approximate surface area is 110 Å². The molecule has 1 aromatic rings. The van der Waals surface area contributed by atoms with Crippen molar-refractivity contribution in [2.24, 2.45) is 5.92 Å². The fourth-order valence-corrected chi connectivity index (χ4v) is 1.50. The van der Waals surface area contributed by atoms with Crippen molar-refractivity contribution >= 4 is 5.82 Å². The minimum absolute atomic E-state index is 0.596. The Bertz CT molecular complexity index is 329. The lowest BCUT2D eigenvalue weighted by Gasteiger charge is -2.11. The highest BCUT2D eigenvalue weighted by molar-refractivity contribution is 5.49. The van der Waals surface area contributed by atoms with Crippen LogP contribution in [0.25, 0.3) is 0 Å². The zero-order chi connectivity index (χ0) is 13.2. The molecule has 1 rings (SSSR count). The minimum Gasteiger partial charge on any atom is -0.490 e. The van der Waals surface area contributed by atoms with Crippen LogP contribution in [0, 0.1) is 5.92 Å². The van der Waals surface area contributed by atoms with E-state index in [1.807, 2.05) is 19.1 Å². The number of nitrogens with zero attached hydrogens (tertiary/aromatic N) is 1. The molecule has 4 heteroatoms. The van der Waals surface area contributed by atoms with Crippen LogP contribution in [0.15, 0.2) is 18.3 Å². The summed E-state index contributed by atoms with van der Waals surface area (Å²) in [7, 11) is 0. The summed E-state index contributed by atoms with van der Waals surface area (Å²) in [6, 6.07) is 3.80. The first-order valence-electron chi connectivity index (χ1n) is 6.63. The lowest BCUT2D eigenvalue weighted by atomic mass is 10.2. The van der Waals surface area contributed by atoms with Crippen LogP contribution in [0.5, 0.6) is 5.75 Å². The normalized spacial score (nSPS) is 10.7. The first-order valence-corrected chi connectivity index (χ1v) is 6.63. The highest BCUT2D eigenvalue weighted by Gasteiger charge is 2.02. The van der Waals surface area contributed by atoms with Crippen molar-refractivity contribution in [2.45, 2.75) is 27.2 Å². The molecule has 0 saturated carbocycles. The summed E-state index contributed by atoms with van der Waals surface area (Å²) in [5, 5.41) is 3.27. The molecule has 0 aliphatic rings. The number of aromatic nitrogens is 1. The third-order valence-corrected chi connectivity index (χ3v) is 2.28. The molecule has 0 aliphatic carbocycles. The van der Waals surface area contributed by atoms with Gasteiger partial charge in [0.25, 0.3) is 0 Å². The van der Waals surface area contributed by atoms with Gasteiger partial charge in [-0.05, 0) is 31.4 Å². The zero-order valence-corrected chi connectivity index (χ0v) is 11.6. The quantitative estimate of drug-likeness (QED) is 0.686. The van der Waals surface area contributed by atoms with E-state index in [1.165, 1.54) is 0 Å². The Hall–Kier alpha value is -1.29. The Balaban J connectivity index is 2.22. The molecule has 1 aromatic heterocycles. The van der Waals surface area contributed by atoms with Gasteiger partial charge in [0.1, 0.15) is 0 Å². The van der Waals surface area contributed by atoms with E-state index in [0.29, 0.717) is 12.5 Å². The first-order chi connectivity index (χ1) is 8.74. The molecule has 0 spiro atoms. The van der Waals surface area contributed by atoms with Crippen LogP contribution in [0.4, 0.5) is 5.82 Å². The van der Waals surface area contributed by atoms with Crippen molar-refractivity contribution in [3.05, 3.63) is 18.3 Å². The van der Waals surface area contributed by atoms with Crippen molar-refractivity contribution in [3.63, 3.8) is 0 Å². The molecule has 0 saturated heterocycles. The first kappa shape index (κ1) is 14.8. The summed E-state index contributed by atoms with van der Waals surface area (Å²) < 4.78 is 11.0. The summed E-state index contributed by atoms with van der Waals surface area (Å²) in [6.07, 6.45) is 2.73. The van der Waals surface area contributed by atoms with Gasteiger partial charge in [-0.3, -0.25) is 0 Å². The second-order valence-corrected chi connectivity index (χ2v) is 4.53. The molecule has 0 unspecified atom stereocenters. The number of hydrogen-bond donors (Lipinski definition) is 1. The number of ether oxygens (including phenoxy) is 2. The second kappa shape index (κ2) is 8.75. The van der Waals surface area contributed by atoms with Gasteiger partial charge >= 0.3 is 0 Å². The molecule has 0 fully saturated rings. The van der Waals surface area contributed by atoms with Gasteiger partial charge in [0, 0.05) is 26.0 Å². The average molecular weight is 252 g/mol.